The Balaban J connectivity index is 2.74. The number of carbonyl (C=O) groups is 1. The lowest BCUT2D eigenvalue weighted by Gasteiger charge is -2.08. The molecule has 8 heteroatoms. The van der Waals surface area contributed by atoms with Crippen molar-refractivity contribution >= 4 is 33.2 Å². The molecule has 0 aromatic heterocycles. The fourth-order valence-corrected chi connectivity index (χ4v) is 1.76. The van der Waals surface area contributed by atoms with Gasteiger partial charge in [-0.1, -0.05) is 0 Å². The number of carbonyl (C=O) groups excluding carboxylic acids is 1. The third-order valence-electron chi connectivity index (χ3n) is 2.28. The summed E-state index contributed by atoms with van der Waals surface area (Å²) in [5.74, 6) is -0.777. The van der Waals surface area contributed by atoms with Crippen molar-refractivity contribution < 1.29 is 14.1 Å². The Hall–Kier alpha value is -1.70. The van der Waals surface area contributed by atoms with Gasteiger partial charge in [-0.2, -0.15) is 0 Å². The van der Waals surface area contributed by atoms with Crippen LogP contribution in [0.2, 0.25) is 0 Å². The first-order valence-electron chi connectivity index (χ1n) is 5.59. The molecular formula is C11H13BrFN3O3. The number of nitro groups is 1. The van der Waals surface area contributed by atoms with Gasteiger partial charge in [0.2, 0.25) is 5.91 Å². The Kier molecular flexibility index (Phi) is 5.68. The van der Waals surface area contributed by atoms with Crippen LogP contribution >= 0.6 is 15.9 Å². The van der Waals surface area contributed by atoms with E-state index in [2.05, 4.69) is 26.6 Å². The van der Waals surface area contributed by atoms with Crippen molar-refractivity contribution in [3.63, 3.8) is 0 Å². The van der Waals surface area contributed by atoms with E-state index in [1.165, 1.54) is 0 Å². The average Bonchev–Trinajstić information content (AvgIpc) is 2.33. The monoisotopic (exact) mass is 333 g/mol. The maximum absolute atomic E-state index is 13.3. The van der Waals surface area contributed by atoms with Crippen molar-refractivity contribution in [3.05, 3.63) is 32.5 Å². The normalized spacial score (nSPS) is 10.1. The van der Waals surface area contributed by atoms with E-state index in [9.17, 15) is 19.3 Å². The average molecular weight is 334 g/mol. The summed E-state index contributed by atoms with van der Waals surface area (Å²) in [7, 11) is 0. The number of nitro benzene ring substituents is 1. The maximum atomic E-state index is 13.3. The molecular weight excluding hydrogens is 321 g/mol. The SMILES string of the molecule is CCNC(=O)CCNc1cc(F)c(Br)cc1[N+](=O)[O-]. The van der Waals surface area contributed by atoms with Gasteiger partial charge in [-0.05, 0) is 22.9 Å². The Labute approximate surface area is 117 Å². The first-order valence-corrected chi connectivity index (χ1v) is 6.39. The van der Waals surface area contributed by atoms with Crippen LogP contribution in [-0.2, 0) is 4.79 Å². The van der Waals surface area contributed by atoms with E-state index in [-0.39, 0.29) is 34.7 Å². The molecule has 104 valence electrons. The quantitative estimate of drug-likeness (QED) is 0.618. The molecule has 1 aromatic rings. The summed E-state index contributed by atoms with van der Waals surface area (Å²) in [6, 6.07) is 2.11. The molecule has 1 rings (SSSR count). The minimum absolute atomic E-state index is 0.0217. The summed E-state index contributed by atoms with van der Waals surface area (Å²) in [4.78, 5) is 21.4. The summed E-state index contributed by atoms with van der Waals surface area (Å²) < 4.78 is 13.4. The smallest absolute Gasteiger partial charge is 0.293 e. The molecule has 0 aliphatic carbocycles. The Morgan fingerprint density at radius 2 is 2.21 bits per heavy atom. The zero-order valence-corrected chi connectivity index (χ0v) is 11.8. The number of anilines is 1. The molecule has 2 N–H and O–H groups in total. The molecule has 0 unspecified atom stereocenters. The molecule has 0 bridgehead atoms. The fraction of sp³-hybridized carbons (Fsp3) is 0.364. The van der Waals surface area contributed by atoms with Crippen molar-refractivity contribution in [1.82, 2.24) is 5.32 Å². The fourth-order valence-electron chi connectivity index (χ4n) is 1.43. The molecule has 1 amide bonds. The summed E-state index contributed by atoms with van der Waals surface area (Å²) in [6.45, 7) is 2.50. The molecule has 6 nitrogen and oxygen atoms in total. The van der Waals surface area contributed by atoms with Crippen LogP contribution in [0.1, 0.15) is 13.3 Å². The van der Waals surface area contributed by atoms with Gasteiger partial charge in [0.1, 0.15) is 11.5 Å². The summed E-state index contributed by atoms with van der Waals surface area (Å²) in [5, 5.41) is 16.1. The second kappa shape index (κ2) is 7.03. The maximum Gasteiger partial charge on any atom is 0.293 e. The van der Waals surface area contributed by atoms with Gasteiger partial charge in [0.25, 0.3) is 5.69 Å². The lowest BCUT2D eigenvalue weighted by Crippen LogP contribution is -2.24. The highest BCUT2D eigenvalue weighted by atomic mass is 79.9. The van der Waals surface area contributed by atoms with Gasteiger partial charge in [0.15, 0.2) is 0 Å². The van der Waals surface area contributed by atoms with Gasteiger partial charge in [-0.15, -0.1) is 0 Å². The summed E-state index contributed by atoms with van der Waals surface area (Å²) >= 11 is 2.89. The minimum atomic E-state index is -0.612. The van der Waals surface area contributed by atoms with E-state index in [0.29, 0.717) is 6.54 Å². The van der Waals surface area contributed by atoms with Gasteiger partial charge >= 0.3 is 0 Å². The zero-order valence-electron chi connectivity index (χ0n) is 10.2. The van der Waals surface area contributed by atoms with E-state index < -0.39 is 10.7 Å². The Morgan fingerprint density at radius 1 is 1.53 bits per heavy atom. The number of amides is 1. The number of benzene rings is 1. The van der Waals surface area contributed by atoms with E-state index in [4.69, 9.17) is 0 Å². The number of hydrogen-bond acceptors (Lipinski definition) is 4. The first kappa shape index (κ1) is 15.4. The Bertz CT molecular complexity index is 496. The van der Waals surface area contributed by atoms with E-state index in [1.807, 2.05) is 0 Å². The van der Waals surface area contributed by atoms with E-state index in [0.717, 1.165) is 12.1 Å². The van der Waals surface area contributed by atoms with Crippen LogP contribution in [0.3, 0.4) is 0 Å². The molecule has 0 spiro atoms. The van der Waals surface area contributed by atoms with Crippen LogP contribution in [0.4, 0.5) is 15.8 Å². The number of nitrogens with one attached hydrogen (secondary N) is 2. The van der Waals surface area contributed by atoms with Gasteiger partial charge in [-0.25, -0.2) is 4.39 Å². The zero-order chi connectivity index (χ0) is 14.4. The number of rotatable bonds is 6. The van der Waals surface area contributed by atoms with Gasteiger partial charge in [0, 0.05) is 31.6 Å². The predicted molar refractivity (Wildman–Crippen MR) is 72.5 cm³/mol. The largest absolute Gasteiger partial charge is 0.379 e. The van der Waals surface area contributed by atoms with E-state index in [1.54, 1.807) is 6.92 Å². The molecule has 0 saturated heterocycles. The second-order valence-electron chi connectivity index (χ2n) is 3.67. The van der Waals surface area contributed by atoms with E-state index >= 15 is 0 Å². The number of halogens is 2. The van der Waals surface area contributed by atoms with Crippen LogP contribution in [0.25, 0.3) is 0 Å². The topological polar surface area (TPSA) is 84.3 Å². The van der Waals surface area contributed by atoms with Crippen LogP contribution in [0.15, 0.2) is 16.6 Å². The van der Waals surface area contributed by atoms with Crippen LogP contribution in [0, 0.1) is 15.9 Å². The highest BCUT2D eigenvalue weighted by molar-refractivity contribution is 9.10. The third kappa shape index (κ3) is 4.47. The van der Waals surface area contributed by atoms with Crippen molar-refractivity contribution in [2.75, 3.05) is 18.4 Å². The third-order valence-corrected chi connectivity index (χ3v) is 2.88. The van der Waals surface area contributed by atoms with Crippen molar-refractivity contribution in [3.8, 4) is 0 Å². The van der Waals surface area contributed by atoms with Crippen LogP contribution in [0.5, 0.6) is 0 Å². The molecule has 0 aliphatic rings. The number of hydrogen-bond donors (Lipinski definition) is 2. The summed E-state index contributed by atoms with van der Waals surface area (Å²) in [5.41, 5.74) is -0.195. The van der Waals surface area contributed by atoms with Crippen molar-refractivity contribution in [2.45, 2.75) is 13.3 Å². The Morgan fingerprint density at radius 3 is 2.79 bits per heavy atom. The molecule has 0 heterocycles. The highest BCUT2D eigenvalue weighted by Gasteiger charge is 2.17. The second-order valence-corrected chi connectivity index (χ2v) is 4.53. The molecule has 0 saturated carbocycles. The molecule has 0 aliphatic heterocycles. The lowest BCUT2D eigenvalue weighted by molar-refractivity contribution is -0.384. The van der Waals surface area contributed by atoms with Gasteiger partial charge < -0.3 is 10.6 Å². The van der Waals surface area contributed by atoms with Crippen LogP contribution in [-0.4, -0.2) is 23.9 Å². The lowest BCUT2D eigenvalue weighted by atomic mass is 10.2. The molecule has 1 aromatic carbocycles. The molecule has 0 radical (unpaired) electrons. The molecule has 0 atom stereocenters. The van der Waals surface area contributed by atoms with Crippen molar-refractivity contribution in [2.24, 2.45) is 0 Å². The van der Waals surface area contributed by atoms with Crippen LogP contribution < -0.4 is 10.6 Å². The molecule has 19 heavy (non-hydrogen) atoms. The van der Waals surface area contributed by atoms with Gasteiger partial charge in [0.05, 0.1) is 9.40 Å². The predicted octanol–water partition coefficient (Wildman–Crippen LogP) is 2.43. The minimum Gasteiger partial charge on any atom is -0.379 e. The van der Waals surface area contributed by atoms with Crippen molar-refractivity contribution in [1.29, 1.82) is 0 Å². The van der Waals surface area contributed by atoms with Gasteiger partial charge in [-0.3, -0.25) is 14.9 Å². The highest BCUT2D eigenvalue weighted by Crippen LogP contribution is 2.30. The standard InChI is InChI=1S/C11H13BrFN3O3/c1-2-14-11(17)3-4-15-9-6-8(13)7(12)5-10(9)16(18)19/h5-6,15H,2-4H2,1H3,(H,14,17). The first-order chi connectivity index (χ1) is 8.95. The number of nitrogens with zero attached hydrogens (tertiary/aromatic N) is 1. The summed E-state index contributed by atoms with van der Waals surface area (Å²) in [6.07, 6.45) is 0.155. The molecule has 0 fully saturated rings.